The van der Waals surface area contributed by atoms with Gasteiger partial charge in [-0.1, -0.05) is 101 Å². The number of nitrogens with one attached hydrogen (secondary N) is 2. The third kappa shape index (κ3) is 10.5. The molecule has 0 aliphatic heterocycles. The highest BCUT2D eigenvalue weighted by Gasteiger charge is 2.25. The Morgan fingerprint density at radius 2 is 1.40 bits per heavy atom. The molecular weight excluding hydrogens is 625 g/mol. The summed E-state index contributed by atoms with van der Waals surface area (Å²) in [6.45, 7) is 10.6. The second-order valence-corrected chi connectivity index (χ2v) is 14.0. The van der Waals surface area contributed by atoms with Crippen LogP contribution in [0.1, 0.15) is 88.2 Å². The fourth-order valence-electron chi connectivity index (χ4n) is 5.01. The molecule has 3 N–H and O–H groups in total. The molecule has 4 aromatic rings. The van der Waals surface area contributed by atoms with Crippen molar-refractivity contribution in [3.05, 3.63) is 89.5 Å². The van der Waals surface area contributed by atoms with E-state index in [4.69, 9.17) is 4.74 Å². The van der Waals surface area contributed by atoms with Crippen LogP contribution in [-0.4, -0.2) is 51.8 Å². The summed E-state index contributed by atoms with van der Waals surface area (Å²) >= 11 is 1.48. The van der Waals surface area contributed by atoms with Gasteiger partial charge in [0.05, 0.1) is 6.61 Å². The first-order chi connectivity index (χ1) is 22.9. The number of carbonyl (C=O) groups excluding carboxylic acids is 2. The lowest BCUT2D eigenvalue weighted by atomic mass is 9.86. The van der Waals surface area contributed by atoms with Gasteiger partial charge in [-0.25, -0.2) is 0 Å². The molecule has 1 aromatic heterocycles. The van der Waals surface area contributed by atoms with Crippen LogP contribution in [0.25, 0.3) is 21.1 Å². The quantitative estimate of drug-likeness (QED) is 0.106. The Morgan fingerprint density at radius 1 is 0.812 bits per heavy atom. The number of hydrogen-bond acceptors (Lipinski definition) is 7. The van der Waals surface area contributed by atoms with Gasteiger partial charge in [-0.2, -0.15) is 0 Å². The van der Waals surface area contributed by atoms with Crippen molar-refractivity contribution >= 4 is 29.1 Å². The summed E-state index contributed by atoms with van der Waals surface area (Å²) < 4.78 is 5.89. The van der Waals surface area contributed by atoms with Crippen LogP contribution in [0.3, 0.4) is 0 Å². The van der Waals surface area contributed by atoms with Crippen molar-refractivity contribution in [3.63, 3.8) is 0 Å². The number of amides is 2. The van der Waals surface area contributed by atoms with Crippen LogP contribution in [0.5, 0.6) is 5.75 Å². The van der Waals surface area contributed by atoms with E-state index in [1.807, 2.05) is 60.7 Å². The summed E-state index contributed by atoms with van der Waals surface area (Å²) in [5, 5.41) is 24.9. The smallest absolute Gasteiger partial charge is 0.325 e. The van der Waals surface area contributed by atoms with Crippen molar-refractivity contribution in [2.75, 3.05) is 6.61 Å². The minimum absolute atomic E-state index is 0.0689. The molecule has 0 bridgehead atoms. The summed E-state index contributed by atoms with van der Waals surface area (Å²) in [6.07, 6.45) is 6.15. The summed E-state index contributed by atoms with van der Waals surface area (Å²) in [7, 11) is 0. The first-order valence-corrected chi connectivity index (χ1v) is 17.4. The lowest BCUT2D eigenvalue weighted by Gasteiger charge is -2.21. The lowest BCUT2D eigenvalue weighted by Crippen LogP contribution is -2.51. The molecule has 0 saturated heterocycles. The van der Waals surface area contributed by atoms with E-state index in [9.17, 15) is 19.5 Å². The molecule has 2 amide bonds. The third-order valence-electron chi connectivity index (χ3n) is 8.05. The van der Waals surface area contributed by atoms with Crippen molar-refractivity contribution in [2.45, 2.75) is 90.6 Å². The van der Waals surface area contributed by atoms with Crippen LogP contribution in [0.15, 0.2) is 72.8 Å². The molecule has 9 nitrogen and oxygen atoms in total. The average Bonchev–Trinajstić information content (AvgIpc) is 3.56. The largest absolute Gasteiger partial charge is 0.494 e. The molecule has 10 heteroatoms. The monoisotopic (exact) mass is 670 g/mol. The molecular formula is C38H46N4O5S. The minimum atomic E-state index is -1.16. The first kappa shape index (κ1) is 36.3. The Bertz CT molecular complexity index is 1640. The Morgan fingerprint density at radius 3 is 1.96 bits per heavy atom. The van der Waals surface area contributed by atoms with E-state index in [-0.39, 0.29) is 11.8 Å². The Kier molecular flexibility index (Phi) is 12.9. The topological polar surface area (TPSA) is 131 Å². The molecule has 4 rings (SSSR count). The average molecular weight is 671 g/mol. The van der Waals surface area contributed by atoms with Crippen LogP contribution in [0.4, 0.5) is 0 Å². The zero-order valence-corrected chi connectivity index (χ0v) is 29.2. The van der Waals surface area contributed by atoms with Gasteiger partial charge in [-0.15, -0.1) is 10.2 Å². The van der Waals surface area contributed by atoms with E-state index < -0.39 is 29.9 Å². The highest BCUT2D eigenvalue weighted by molar-refractivity contribution is 7.17. The highest BCUT2D eigenvalue weighted by atomic mass is 32.1. The van der Waals surface area contributed by atoms with Crippen molar-refractivity contribution in [2.24, 2.45) is 0 Å². The van der Waals surface area contributed by atoms with Gasteiger partial charge in [0.15, 0.2) is 0 Å². The molecule has 2 atom stereocenters. The van der Waals surface area contributed by atoms with Crippen LogP contribution in [0.2, 0.25) is 0 Å². The van der Waals surface area contributed by atoms with Crippen LogP contribution in [-0.2, 0) is 21.4 Å². The standard InChI is InChI=1S/C38H46N4O5S/c1-6-7-8-9-10-23-47-31-21-17-29(18-22-31)36-42-41-35(48-36)28-13-11-26(12-14-28)24-32(34(44)39-25(2)37(45)46)40-33(43)27-15-19-30(20-16-27)38(3,4)5/h11-22,25,32H,6-10,23-24H2,1-5H3,(H,39,44)(H,40,43)(H,45,46). The number of unbranched alkanes of at least 4 members (excludes halogenated alkanes) is 4. The van der Waals surface area contributed by atoms with E-state index >= 15 is 0 Å². The molecule has 254 valence electrons. The molecule has 3 aromatic carbocycles. The van der Waals surface area contributed by atoms with Crippen molar-refractivity contribution in [1.29, 1.82) is 0 Å². The zero-order chi connectivity index (χ0) is 34.7. The molecule has 0 aliphatic rings. The highest BCUT2D eigenvalue weighted by Crippen LogP contribution is 2.31. The molecule has 0 saturated carbocycles. The van der Waals surface area contributed by atoms with Crippen molar-refractivity contribution in [1.82, 2.24) is 20.8 Å². The molecule has 0 radical (unpaired) electrons. The van der Waals surface area contributed by atoms with Gasteiger partial charge in [0.2, 0.25) is 5.91 Å². The molecule has 1 heterocycles. The van der Waals surface area contributed by atoms with E-state index in [1.165, 1.54) is 43.9 Å². The number of rotatable bonds is 16. The molecule has 0 fully saturated rings. The van der Waals surface area contributed by atoms with Gasteiger partial charge < -0.3 is 20.5 Å². The first-order valence-electron chi connectivity index (χ1n) is 16.5. The number of carboxylic acids is 1. The van der Waals surface area contributed by atoms with Crippen molar-refractivity contribution in [3.8, 4) is 26.9 Å². The SMILES string of the molecule is CCCCCCCOc1ccc(-c2nnc(-c3ccc(CC(NC(=O)c4ccc(C(C)(C)C)cc4)C(=O)NC(C)C(=O)O)cc3)s2)cc1. The molecule has 48 heavy (non-hydrogen) atoms. The normalized spacial score (nSPS) is 12.6. The number of ether oxygens (including phenoxy) is 1. The predicted molar refractivity (Wildman–Crippen MR) is 190 cm³/mol. The number of hydrogen-bond donors (Lipinski definition) is 3. The predicted octanol–water partition coefficient (Wildman–Crippen LogP) is 7.45. The van der Waals surface area contributed by atoms with Crippen LogP contribution in [0, 0.1) is 0 Å². The van der Waals surface area contributed by atoms with E-state index in [2.05, 4.69) is 48.5 Å². The Hall–Kier alpha value is -4.57. The summed E-state index contributed by atoms with van der Waals surface area (Å²) in [5.74, 6) is -1.32. The summed E-state index contributed by atoms with van der Waals surface area (Å²) in [6, 6.07) is 20.6. The van der Waals surface area contributed by atoms with Gasteiger partial charge in [0.25, 0.3) is 5.91 Å². The number of aliphatic carboxylic acids is 1. The van der Waals surface area contributed by atoms with Crippen molar-refractivity contribution < 1.29 is 24.2 Å². The van der Waals surface area contributed by atoms with Gasteiger partial charge >= 0.3 is 5.97 Å². The second-order valence-electron chi connectivity index (χ2n) is 13.0. The van der Waals surface area contributed by atoms with E-state index in [0.29, 0.717) is 12.2 Å². The van der Waals surface area contributed by atoms with Gasteiger partial charge in [-0.05, 0) is 66.3 Å². The van der Waals surface area contributed by atoms with E-state index in [0.717, 1.165) is 44.4 Å². The molecule has 2 unspecified atom stereocenters. The lowest BCUT2D eigenvalue weighted by molar-refractivity contribution is -0.141. The van der Waals surface area contributed by atoms with Crippen LogP contribution >= 0.6 is 11.3 Å². The Labute approximate surface area is 287 Å². The Balaban J connectivity index is 1.41. The number of benzene rings is 3. The maximum Gasteiger partial charge on any atom is 0.325 e. The molecule has 0 aliphatic carbocycles. The maximum absolute atomic E-state index is 13.2. The molecule has 0 spiro atoms. The third-order valence-corrected chi connectivity index (χ3v) is 9.07. The number of nitrogens with zero attached hydrogens (tertiary/aromatic N) is 2. The minimum Gasteiger partial charge on any atom is -0.494 e. The second kappa shape index (κ2) is 17.0. The summed E-state index contributed by atoms with van der Waals surface area (Å²) in [5.41, 5.74) is 4.04. The van der Waals surface area contributed by atoms with Gasteiger partial charge in [-0.3, -0.25) is 14.4 Å². The van der Waals surface area contributed by atoms with Gasteiger partial charge in [0, 0.05) is 23.1 Å². The van der Waals surface area contributed by atoms with Gasteiger partial charge in [0.1, 0.15) is 27.8 Å². The summed E-state index contributed by atoms with van der Waals surface area (Å²) in [4.78, 5) is 37.7. The van der Waals surface area contributed by atoms with E-state index in [1.54, 1.807) is 12.1 Å². The fourth-order valence-corrected chi connectivity index (χ4v) is 5.87. The maximum atomic E-state index is 13.2. The zero-order valence-electron chi connectivity index (χ0n) is 28.4. The van der Waals surface area contributed by atoms with Crippen LogP contribution < -0.4 is 15.4 Å². The fraction of sp³-hybridized carbons (Fsp3) is 0.395. The number of carbonyl (C=O) groups is 3. The number of aromatic nitrogens is 2. The number of carboxylic acid groups (broad SMARTS) is 1.